The number of carbonyl (C=O) groups is 1. The standard InChI is InChI=1S/C13H21N3O3/c1-3-19-12(17)8-16-13(18)15-7-10-4-5-11(14)9(2)6-10/h4-6,12,17H,3,7-8,14H2,1-2H3,(H2,15,16,18). The number of aliphatic hydroxyl groups is 1. The first-order valence-electron chi connectivity index (χ1n) is 6.19. The fraction of sp³-hybridized carbons (Fsp3) is 0.462. The highest BCUT2D eigenvalue weighted by Gasteiger charge is 2.06. The van der Waals surface area contributed by atoms with Gasteiger partial charge in [0, 0.05) is 18.8 Å². The fourth-order valence-electron chi connectivity index (χ4n) is 1.52. The molecule has 0 bridgehead atoms. The normalized spacial score (nSPS) is 11.9. The molecular formula is C13H21N3O3. The molecule has 0 fully saturated rings. The summed E-state index contributed by atoms with van der Waals surface area (Å²) < 4.78 is 4.88. The van der Waals surface area contributed by atoms with E-state index in [-0.39, 0.29) is 12.6 Å². The van der Waals surface area contributed by atoms with Crippen molar-refractivity contribution in [3.8, 4) is 0 Å². The van der Waals surface area contributed by atoms with Crippen molar-refractivity contribution in [1.82, 2.24) is 10.6 Å². The average Bonchev–Trinajstić information content (AvgIpc) is 2.38. The van der Waals surface area contributed by atoms with Gasteiger partial charge < -0.3 is 26.2 Å². The minimum absolute atomic E-state index is 0.0560. The molecule has 0 saturated heterocycles. The van der Waals surface area contributed by atoms with Gasteiger partial charge in [-0.1, -0.05) is 12.1 Å². The predicted octanol–water partition coefficient (Wildman–Crippen LogP) is 0.731. The fourth-order valence-corrected chi connectivity index (χ4v) is 1.52. The van der Waals surface area contributed by atoms with Gasteiger partial charge in [-0.25, -0.2) is 4.79 Å². The molecule has 2 amide bonds. The number of aryl methyl sites for hydroxylation is 1. The number of aliphatic hydroxyl groups excluding tert-OH is 1. The lowest BCUT2D eigenvalue weighted by atomic mass is 10.1. The summed E-state index contributed by atoms with van der Waals surface area (Å²) in [6.45, 7) is 4.54. The monoisotopic (exact) mass is 267 g/mol. The van der Waals surface area contributed by atoms with Gasteiger partial charge in [0.15, 0.2) is 6.29 Å². The molecule has 1 aromatic carbocycles. The summed E-state index contributed by atoms with van der Waals surface area (Å²) in [7, 11) is 0. The van der Waals surface area contributed by atoms with Crippen molar-refractivity contribution in [3.05, 3.63) is 29.3 Å². The van der Waals surface area contributed by atoms with Crippen LogP contribution in [0.1, 0.15) is 18.1 Å². The number of urea groups is 1. The number of carbonyl (C=O) groups excluding carboxylic acids is 1. The second-order valence-corrected chi connectivity index (χ2v) is 4.16. The van der Waals surface area contributed by atoms with Crippen molar-refractivity contribution < 1.29 is 14.6 Å². The molecule has 6 nitrogen and oxygen atoms in total. The van der Waals surface area contributed by atoms with Crippen molar-refractivity contribution >= 4 is 11.7 Å². The zero-order valence-electron chi connectivity index (χ0n) is 11.3. The van der Waals surface area contributed by atoms with E-state index in [1.807, 2.05) is 25.1 Å². The molecule has 1 aromatic rings. The molecule has 1 rings (SSSR count). The van der Waals surface area contributed by atoms with E-state index >= 15 is 0 Å². The van der Waals surface area contributed by atoms with Crippen LogP contribution in [-0.4, -0.2) is 30.6 Å². The van der Waals surface area contributed by atoms with Crippen LogP contribution < -0.4 is 16.4 Å². The van der Waals surface area contributed by atoms with E-state index in [1.54, 1.807) is 6.92 Å². The van der Waals surface area contributed by atoms with Crippen molar-refractivity contribution in [3.63, 3.8) is 0 Å². The number of anilines is 1. The maximum absolute atomic E-state index is 11.5. The highest BCUT2D eigenvalue weighted by molar-refractivity contribution is 5.73. The molecular weight excluding hydrogens is 246 g/mol. The summed E-state index contributed by atoms with van der Waals surface area (Å²) in [5.74, 6) is 0. The lowest BCUT2D eigenvalue weighted by Crippen LogP contribution is -2.40. The van der Waals surface area contributed by atoms with Crippen LogP contribution in [0.4, 0.5) is 10.5 Å². The Labute approximate surface area is 112 Å². The van der Waals surface area contributed by atoms with Crippen molar-refractivity contribution in [2.24, 2.45) is 0 Å². The van der Waals surface area contributed by atoms with Gasteiger partial charge in [0.25, 0.3) is 0 Å². The lowest BCUT2D eigenvalue weighted by molar-refractivity contribution is -0.0897. The van der Waals surface area contributed by atoms with Crippen LogP contribution in [0.25, 0.3) is 0 Å². The average molecular weight is 267 g/mol. The molecule has 0 radical (unpaired) electrons. The molecule has 106 valence electrons. The van der Waals surface area contributed by atoms with Crippen LogP contribution >= 0.6 is 0 Å². The van der Waals surface area contributed by atoms with Crippen molar-refractivity contribution in [2.75, 3.05) is 18.9 Å². The number of hydrogen-bond donors (Lipinski definition) is 4. The van der Waals surface area contributed by atoms with E-state index in [0.717, 1.165) is 16.8 Å². The number of nitrogen functional groups attached to an aromatic ring is 1. The second kappa shape index (κ2) is 7.60. The van der Waals surface area contributed by atoms with Crippen LogP contribution in [0.5, 0.6) is 0 Å². The van der Waals surface area contributed by atoms with E-state index in [9.17, 15) is 9.90 Å². The van der Waals surface area contributed by atoms with Gasteiger partial charge >= 0.3 is 6.03 Å². The van der Waals surface area contributed by atoms with Gasteiger partial charge in [-0.05, 0) is 31.0 Å². The molecule has 19 heavy (non-hydrogen) atoms. The minimum atomic E-state index is -0.977. The first-order valence-corrected chi connectivity index (χ1v) is 6.19. The van der Waals surface area contributed by atoms with Gasteiger partial charge in [0.1, 0.15) is 0 Å². The van der Waals surface area contributed by atoms with Gasteiger partial charge in [-0.3, -0.25) is 0 Å². The topological polar surface area (TPSA) is 96.6 Å². The first kappa shape index (κ1) is 15.3. The van der Waals surface area contributed by atoms with E-state index in [2.05, 4.69) is 10.6 Å². The number of hydrogen-bond acceptors (Lipinski definition) is 4. The maximum Gasteiger partial charge on any atom is 0.315 e. The molecule has 5 N–H and O–H groups in total. The highest BCUT2D eigenvalue weighted by atomic mass is 16.6. The Morgan fingerprint density at radius 1 is 1.47 bits per heavy atom. The molecule has 0 heterocycles. The number of nitrogens with one attached hydrogen (secondary N) is 2. The molecule has 0 aliphatic rings. The zero-order valence-corrected chi connectivity index (χ0v) is 11.3. The van der Waals surface area contributed by atoms with Gasteiger partial charge in [0.05, 0.1) is 6.54 Å². The maximum atomic E-state index is 11.5. The minimum Gasteiger partial charge on any atom is -0.399 e. The van der Waals surface area contributed by atoms with Crippen LogP contribution in [0.2, 0.25) is 0 Å². The van der Waals surface area contributed by atoms with Gasteiger partial charge in [-0.15, -0.1) is 0 Å². The van der Waals surface area contributed by atoms with Crippen LogP contribution in [0, 0.1) is 6.92 Å². The number of rotatable bonds is 6. The van der Waals surface area contributed by atoms with Crippen molar-refractivity contribution in [1.29, 1.82) is 0 Å². The second-order valence-electron chi connectivity index (χ2n) is 4.16. The summed E-state index contributed by atoms with van der Waals surface area (Å²) in [5, 5.41) is 14.5. The number of benzene rings is 1. The van der Waals surface area contributed by atoms with E-state index in [0.29, 0.717) is 13.2 Å². The predicted molar refractivity (Wildman–Crippen MR) is 73.5 cm³/mol. The van der Waals surface area contributed by atoms with Crippen LogP contribution in [0.3, 0.4) is 0 Å². The molecule has 6 heteroatoms. The molecule has 0 aromatic heterocycles. The van der Waals surface area contributed by atoms with E-state index in [4.69, 9.17) is 10.5 Å². The largest absolute Gasteiger partial charge is 0.399 e. The first-order chi connectivity index (χ1) is 9.02. The Bertz CT molecular complexity index is 424. The number of amides is 2. The third-order valence-electron chi connectivity index (χ3n) is 2.58. The van der Waals surface area contributed by atoms with Crippen LogP contribution in [0.15, 0.2) is 18.2 Å². The quantitative estimate of drug-likeness (QED) is 0.451. The van der Waals surface area contributed by atoms with Crippen LogP contribution in [-0.2, 0) is 11.3 Å². The van der Waals surface area contributed by atoms with E-state index in [1.165, 1.54) is 0 Å². The SMILES string of the molecule is CCOC(O)CNC(=O)NCc1ccc(N)c(C)c1. The summed E-state index contributed by atoms with van der Waals surface area (Å²) in [6, 6.07) is 5.24. The lowest BCUT2D eigenvalue weighted by Gasteiger charge is -2.12. The number of nitrogens with two attached hydrogens (primary N) is 1. The van der Waals surface area contributed by atoms with E-state index < -0.39 is 6.29 Å². The third-order valence-corrected chi connectivity index (χ3v) is 2.58. The Hall–Kier alpha value is -1.79. The Morgan fingerprint density at radius 2 is 2.21 bits per heavy atom. The Morgan fingerprint density at radius 3 is 2.84 bits per heavy atom. The summed E-state index contributed by atoms with van der Waals surface area (Å²) >= 11 is 0. The highest BCUT2D eigenvalue weighted by Crippen LogP contribution is 2.12. The molecule has 0 aliphatic carbocycles. The third kappa shape index (κ3) is 5.58. The van der Waals surface area contributed by atoms with Crippen molar-refractivity contribution in [2.45, 2.75) is 26.7 Å². The Kier molecular flexibility index (Phi) is 6.11. The van der Waals surface area contributed by atoms with Gasteiger partial charge in [0.2, 0.25) is 0 Å². The summed E-state index contributed by atoms with van der Waals surface area (Å²) in [5.41, 5.74) is 8.39. The number of ether oxygens (including phenoxy) is 1. The Balaban J connectivity index is 2.31. The molecule has 1 unspecified atom stereocenters. The van der Waals surface area contributed by atoms with Gasteiger partial charge in [-0.2, -0.15) is 0 Å². The zero-order chi connectivity index (χ0) is 14.3. The summed E-state index contributed by atoms with van der Waals surface area (Å²) in [4.78, 5) is 11.5. The molecule has 0 aliphatic heterocycles. The summed E-state index contributed by atoms with van der Waals surface area (Å²) in [6.07, 6.45) is -0.977. The molecule has 1 atom stereocenters. The molecule has 0 saturated carbocycles. The smallest absolute Gasteiger partial charge is 0.315 e. The molecule has 0 spiro atoms.